The van der Waals surface area contributed by atoms with E-state index >= 15 is 0 Å². The number of benzene rings is 2. The van der Waals surface area contributed by atoms with E-state index in [1.165, 1.54) is 70.6 Å². The van der Waals surface area contributed by atoms with Crippen LogP contribution < -0.4 is 0 Å². The molecule has 8 atom stereocenters. The number of hydrogen-bond donors (Lipinski definition) is 0. The summed E-state index contributed by atoms with van der Waals surface area (Å²) < 4.78 is 0. The van der Waals surface area contributed by atoms with Crippen molar-refractivity contribution >= 4 is 0 Å². The minimum absolute atomic E-state index is 0.520. The van der Waals surface area contributed by atoms with Gasteiger partial charge in [-0.2, -0.15) is 0 Å². The highest BCUT2D eigenvalue weighted by atomic mass is 14.7. The third-order valence-corrected chi connectivity index (χ3v) is 11.8. The highest BCUT2D eigenvalue weighted by Gasteiger charge is 2.61. The van der Waals surface area contributed by atoms with Gasteiger partial charge in [0.25, 0.3) is 0 Å². The third-order valence-electron chi connectivity index (χ3n) is 11.8. The van der Waals surface area contributed by atoms with E-state index in [0.29, 0.717) is 10.8 Å². The van der Waals surface area contributed by atoms with Crippen molar-refractivity contribution in [3.8, 4) is 0 Å². The summed E-state index contributed by atoms with van der Waals surface area (Å²) in [5, 5.41) is 0. The Morgan fingerprint density at radius 1 is 0.727 bits per heavy atom. The van der Waals surface area contributed by atoms with E-state index in [4.69, 9.17) is 0 Å². The second-order valence-electron chi connectivity index (χ2n) is 12.8. The summed E-state index contributed by atoms with van der Waals surface area (Å²) in [7, 11) is 0. The Labute approximate surface area is 202 Å². The summed E-state index contributed by atoms with van der Waals surface area (Å²) in [6.07, 6.45) is 16.0. The SMILES string of the molecule is C[C@]12CC[C@H]3[C@@H](CC[C@@H]4CCCC(c5ccccc5)[C@@]43C)[C@@H]1CC[C@H]2CCc1ccccc1. The molecule has 0 aliphatic heterocycles. The first kappa shape index (κ1) is 21.9. The fraction of sp³-hybridized carbons (Fsp3) is 0.636. The number of rotatable bonds is 4. The molecule has 176 valence electrons. The van der Waals surface area contributed by atoms with Crippen LogP contribution in [0.4, 0.5) is 0 Å². The lowest BCUT2D eigenvalue weighted by Gasteiger charge is -2.63. The number of fused-ring (bicyclic) bond motifs is 5. The van der Waals surface area contributed by atoms with Crippen molar-refractivity contribution in [2.75, 3.05) is 0 Å². The van der Waals surface area contributed by atoms with Crippen LogP contribution in [0.3, 0.4) is 0 Å². The lowest BCUT2D eigenvalue weighted by Crippen LogP contribution is -2.55. The number of aryl methyl sites for hydroxylation is 1. The van der Waals surface area contributed by atoms with E-state index in [2.05, 4.69) is 74.5 Å². The second-order valence-corrected chi connectivity index (χ2v) is 12.8. The van der Waals surface area contributed by atoms with Gasteiger partial charge in [-0.05, 0) is 122 Å². The summed E-state index contributed by atoms with van der Waals surface area (Å²) in [5.41, 5.74) is 4.30. The quantitative estimate of drug-likeness (QED) is 0.445. The lowest BCUT2D eigenvalue weighted by molar-refractivity contribution is -0.121. The molecule has 4 aliphatic carbocycles. The van der Waals surface area contributed by atoms with Gasteiger partial charge < -0.3 is 0 Å². The molecule has 33 heavy (non-hydrogen) atoms. The van der Waals surface area contributed by atoms with Crippen molar-refractivity contribution in [2.24, 2.45) is 40.4 Å². The molecular weight excluding hydrogens is 396 g/mol. The van der Waals surface area contributed by atoms with E-state index in [1.54, 1.807) is 11.1 Å². The van der Waals surface area contributed by atoms with Gasteiger partial charge in [-0.25, -0.2) is 0 Å². The summed E-state index contributed by atoms with van der Waals surface area (Å²) in [5.74, 6) is 5.59. The van der Waals surface area contributed by atoms with Gasteiger partial charge in [-0.1, -0.05) is 80.9 Å². The van der Waals surface area contributed by atoms with Crippen molar-refractivity contribution in [1.29, 1.82) is 0 Å². The number of hydrogen-bond acceptors (Lipinski definition) is 0. The molecule has 2 aromatic carbocycles. The molecule has 4 aliphatic rings. The molecule has 0 saturated heterocycles. The molecule has 0 N–H and O–H groups in total. The summed E-state index contributed by atoms with van der Waals surface area (Å²) in [4.78, 5) is 0. The Morgan fingerprint density at radius 2 is 1.48 bits per heavy atom. The maximum atomic E-state index is 2.76. The summed E-state index contributed by atoms with van der Waals surface area (Å²) in [6.45, 7) is 5.48. The predicted molar refractivity (Wildman–Crippen MR) is 139 cm³/mol. The zero-order chi connectivity index (χ0) is 22.5. The Morgan fingerprint density at radius 3 is 2.27 bits per heavy atom. The highest BCUT2D eigenvalue weighted by Crippen LogP contribution is 2.70. The first-order chi connectivity index (χ1) is 16.1. The van der Waals surface area contributed by atoms with Crippen LogP contribution in [0.25, 0.3) is 0 Å². The topological polar surface area (TPSA) is 0 Å². The van der Waals surface area contributed by atoms with Crippen LogP contribution in [0, 0.1) is 40.4 Å². The average molecular weight is 441 g/mol. The molecular formula is C33H44. The molecule has 4 saturated carbocycles. The Bertz CT molecular complexity index is 931. The second kappa shape index (κ2) is 8.58. The Balaban J connectivity index is 1.25. The minimum atomic E-state index is 0.520. The molecule has 0 aromatic heterocycles. The molecule has 0 heterocycles. The van der Waals surface area contributed by atoms with Crippen LogP contribution in [-0.2, 0) is 6.42 Å². The van der Waals surface area contributed by atoms with Gasteiger partial charge in [-0.3, -0.25) is 0 Å². The average Bonchev–Trinajstić information content (AvgIpc) is 3.19. The summed E-state index contributed by atoms with van der Waals surface area (Å²) in [6, 6.07) is 22.9. The Kier molecular flexibility index (Phi) is 5.71. The van der Waals surface area contributed by atoms with E-state index in [0.717, 1.165) is 35.5 Å². The standard InChI is InChI=1S/C33H44/c1-32-23-22-31-28(30(32)21-19-26(32)17-16-24-10-5-3-6-11-24)20-18-27-14-9-15-29(33(27,31)2)25-12-7-4-8-13-25/h3-8,10-13,26-31H,9,14-23H2,1-2H3/t26-,27+,28+,29?,30+,31+,32-,33-/m1/s1. The normalized spacial score (nSPS) is 42.2. The van der Waals surface area contributed by atoms with Gasteiger partial charge in [0, 0.05) is 0 Å². The van der Waals surface area contributed by atoms with Gasteiger partial charge in [0.15, 0.2) is 0 Å². The van der Waals surface area contributed by atoms with Crippen LogP contribution in [0.1, 0.15) is 95.1 Å². The van der Waals surface area contributed by atoms with E-state index in [-0.39, 0.29) is 0 Å². The van der Waals surface area contributed by atoms with Crippen molar-refractivity contribution in [3.05, 3.63) is 71.8 Å². The van der Waals surface area contributed by atoms with Gasteiger partial charge >= 0.3 is 0 Å². The largest absolute Gasteiger partial charge is 0.0622 e. The Hall–Kier alpha value is -1.56. The molecule has 4 fully saturated rings. The summed E-state index contributed by atoms with van der Waals surface area (Å²) >= 11 is 0. The predicted octanol–water partition coefficient (Wildman–Crippen LogP) is 9.06. The first-order valence-corrected chi connectivity index (χ1v) is 14.2. The molecule has 0 spiro atoms. The van der Waals surface area contributed by atoms with Gasteiger partial charge in [0.2, 0.25) is 0 Å². The van der Waals surface area contributed by atoms with Crippen LogP contribution in [0.5, 0.6) is 0 Å². The van der Waals surface area contributed by atoms with Crippen molar-refractivity contribution in [1.82, 2.24) is 0 Å². The monoisotopic (exact) mass is 440 g/mol. The smallest absolute Gasteiger partial charge is 0.0103 e. The van der Waals surface area contributed by atoms with Crippen LogP contribution in [0.15, 0.2) is 60.7 Å². The third kappa shape index (κ3) is 3.54. The van der Waals surface area contributed by atoms with E-state index < -0.39 is 0 Å². The fourth-order valence-corrected chi connectivity index (χ4v) is 10.1. The van der Waals surface area contributed by atoms with Crippen LogP contribution in [0.2, 0.25) is 0 Å². The maximum absolute atomic E-state index is 2.76. The lowest BCUT2D eigenvalue weighted by atomic mass is 9.42. The fourth-order valence-electron chi connectivity index (χ4n) is 10.1. The highest BCUT2D eigenvalue weighted by molar-refractivity contribution is 5.25. The van der Waals surface area contributed by atoms with Crippen molar-refractivity contribution < 1.29 is 0 Å². The van der Waals surface area contributed by atoms with Gasteiger partial charge in [-0.15, -0.1) is 0 Å². The molecule has 0 amide bonds. The molecule has 0 heteroatoms. The molecule has 0 bridgehead atoms. The maximum Gasteiger partial charge on any atom is -0.0103 e. The zero-order valence-electron chi connectivity index (χ0n) is 21.0. The van der Waals surface area contributed by atoms with Crippen molar-refractivity contribution in [2.45, 2.75) is 90.4 Å². The van der Waals surface area contributed by atoms with Crippen LogP contribution in [-0.4, -0.2) is 0 Å². The van der Waals surface area contributed by atoms with E-state index in [9.17, 15) is 0 Å². The molecule has 1 unspecified atom stereocenters. The molecule has 0 nitrogen and oxygen atoms in total. The minimum Gasteiger partial charge on any atom is -0.0622 e. The van der Waals surface area contributed by atoms with Gasteiger partial charge in [0.1, 0.15) is 0 Å². The first-order valence-electron chi connectivity index (χ1n) is 14.2. The molecule has 6 rings (SSSR count). The van der Waals surface area contributed by atoms with Gasteiger partial charge in [0.05, 0.1) is 0 Å². The molecule has 2 aromatic rings. The van der Waals surface area contributed by atoms with Crippen LogP contribution >= 0.6 is 0 Å². The zero-order valence-corrected chi connectivity index (χ0v) is 21.0. The van der Waals surface area contributed by atoms with E-state index in [1.807, 2.05) is 0 Å². The van der Waals surface area contributed by atoms with Crippen molar-refractivity contribution in [3.63, 3.8) is 0 Å². The molecule has 0 radical (unpaired) electrons.